The third kappa shape index (κ3) is 2.27. The molecule has 0 saturated heterocycles. The van der Waals surface area contributed by atoms with Crippen molar-refractivity contribution in [3.8, 4) is 17.2 Å². The molecule has 0 aromatic heterocycles. The Morgan fingerprint density at radius 1 is 1.31 bits per heavy atom. The number of ketones is 1. The molecule has 0 heterocycles. The Kier molecular flexibility index (Phi) is 4.17. The van der Waals surface area contributed by atoms with Gasteiger partial charge in [-0.2, -0.15) is 0 Å². The zero-order valence-corrected chi connectivity index (χ0v) is 9.74. The lowest BCUT2D eigenvalue weighted by Crippen LogP contribution is -2.01. The predicted molar refractivity (Wildman–Crippen MR) is 60.4 cm³/mol. The van der Waals surface area contributed by atoms with Crippen LogP contribution in [0.3, 0.4) is 0 Å². The lowest BCUT2D eigenvalue weighted by molar-refractivity contribution is 0.0978. The summed E-state index contributed by atoms with van der Waals surface area (Å²) in [5.41, 5.74) is 0.277. The Morgan fingerprint density at radius 3 is 2.50 bits per heavy atom. The van der Waals surface area contributed by atoms with Crippen molar-refractivity contribution < 1.29 is 19.4 Å². The quantitative estimate of drug-likeness (QED) is 0.780. The van der Waals surface area contributed by atoms with Gasteiger partial charge < -0.3 is 14.6 Å². The van der Waals surface area contributed by atoms with E-state index in [9.17, 15) is 9.90 Å². The second-order valence-corrected chi connectivity index (χ2v) is 3.37. The number of hydrogen-bond donors (Lipinski definition) is 1. The standard InChI is InChI=1S/C12H16O4/c1-4-5-9(13)8-6-7-10(15-2)12(16-3)11(8)14/h6-7,14H,4-5H2,1-3H3. The van der Waals surface area contributed by atoms with Gasteiger partial charge in [-0.25, -0.2) is 0 Å². The van der Waals surface area contributed by atoms with Crippen molar-refractivity contribution in [2.45, 2.75) is 19.8 Å². The lowest BCUT2D eigenvalue weighted by atomic mass is 10.0. The highest BCUT2D eigenvalue weighted by molar-refractivity contribution is 5.99. The van der Waals surface area contributed by atoms with E-state index in [-0.39, 0.29) is 22.8 Å². The highest BCUT2D eigenvalue weighted by Crippen LogP contribution is 2.39. The molecule has 1 N–H and O–H groups in total. The van der Waals surface area contributed by atoms with Crippen molar-refractivity contribution >= 4 is 5.78 Å². The maximum absolute atomic E-state index is 11.7. The number of carbonyl (C=O) groups excluding carboxylic acids is 1. The Morgan fingerprint density at radius 2 is 2.00 bits per heavy atom. The third-order valence-electron chi connectivity index (χ3n) is 2.30. The molecule has 0 aliphatic rings. The van der Waals surface area contributed by atoms with Crippen molar-refractivity contribution in [2.24, 2.45) is 0 Å². The number of benzene rings is 1. The van der Waals surface area contributed by atoms with E-state index in [0.29, 0.717) is 12.2 Å². The molecule has 4 heteroatoms. The maximum atomic E-state index is 11.7. The molecule has 0 spiro atoms. The molecular formula is C12H16O4. The highest BCUT2D eigenvalue weighted by Gasteiger charge is 2.18. The van der Waals surface area contributed by atoms with Gasteiger partial charge in [0.2, 0.25) is 5.75 Å². The van der Waals surface area contributed by atoms with E-state index in [0.717, 1.165) is 6.42 Å². The van der Waals surface area contributed by atoms with Crippen LogP contribution in [0.25, 0.3) is 0 Å². The number of rotatable bonds is 5. The van der Waals surface area contributed by atoms with Crippen LogP contribution in [0.2, 0.25) is 0 Å². The van der Waals surface area contributed by atoms with Gasteiger partial charge in [0, 0.05) is 6.42 Å². The summed E-state index contributed by atoms with van der Waals surface area (Å²) < 4.78 is 10.0. The minimum absolute atomic E-state index is 0.0963. The summed E-state index contributed by atoms with van der Waals surface area (Å²) in [6.45, 7) is 1.91. The van der Waals surface area contributed by atoms with Crippen LogP contribution in [0.4, 0.5) is 0 Å². The zero-order valence-electron chi connectivity index (χ0n) is 9.74. The van der Waals surface area contributed by atoms with E-state index in [1.54, 1.807) is 12.1 Å². The SMILES string of the molecule is CCCC(=O)c1ccc(OC)c(OC)c1O. The average Bonchev–Trinajstić information content (AvgIpc) is 2.28. The van der Waals surface area contributed by atoms with Crippen molar-refractivity contribution in [3.05, 3.63) is 17.7 Å². The average molecular weight is 224 g/mol. The summed E-state index contributed by atoms with van der Waals surface area (Å²) >= 11 is 0. The zero-order chi connectivity index (χ0) is 12.1. The van der Waals surface area contributed by atoms with Gasteiger partial charge in [0.25, 0.3) is 0 Å². The monoisotopic (exact) mass is 224 g/mol. The van der Waals surface area contributed by atoms with E-state index >= 15 is 0 Å². The molecule has 1 aromatic carbocycles. The first-order valence-electron chi connectivity index (χ1n) is 5.12. The van der Waals surface area contributed by atoms with Crippen molar-refractivity contribution in [3.63, 3.8) is 0 Å². The normalized spacial score (nSPS) is 9.94. The molecule has 4 nitrogen and oxygen atoms in total. The predicted octanol–water partition coefficient (Wildman–Crippen LogP) is 2.39. The molecule has 0 aliphatic carbocycles. The Balaban J connectivity index is 3.18. The molecular weight excluding hydrogens is 208 g/mol. The molecule has 1 aromatic rings. The first-order valence-corrected chi connectivity index (χ1v) is 5.12. The summed E-state index contributed by atoms with van der Waals surface area (Å²) in [4.78, 5) is 11.7. The van der Waals surface area contributed by atoms with E-state index in [1.165, 1.54) is 14.2 Å². The van der Waals surface area contributed by atoms with Crippen LogP contribution >= 0.6 is 0 Å². The second kappa shape index (κ2) is 5.39. The number of phenols is 1. The van der Waals surface area contributed by atoms with Crippen molar-refractivity contribution in [1.29, 1.82) is 0 Å². The molecule has 0 amide bonds. The molecule has 0 atom stereocenters. The van der Waals surface area contributed by atoms with Crippen molar-refractivity contribution in [2.75, 3.05) is 14.2 Å². The van der Waals surface area contributed by atoms with E-state index in [4.69, 9.17) is 9.47 Å². The summed E-state index contributed by atoms with van der Waals surface area (Å²) in [5, 5.41) is 9.87. The van der Waals surface area contributed by atoms with Gasteiger partial charge >= 0.3 is 0 Å². The van der Waals surface area contributed by atoms with Crippen LogP contribution in [0.15, 0.2) is 12.1 Å². The van der Waals surface area contributed by atoms with Gasteiger partial charge in [-0.15, -0.1) is 0 Å². The lowest BCUT2D eigenvalue weighted by Gasteiger charge is -2.11. The number of ether oxygens (including phenoxy) is 2. The minimum Gasteiger partial charge on any atom is -0.504 e. The Labute approximate surface area is 94.8 Å². The summed E-state index contributed by atoms with van der Waals surface area (Å²) in [6.07, 6.45) is 1.15. The van der Waals surface area contributed by atoms with Gasteiger partial charge in [-0.05, 0) is 18.6 Å². The molecule has 0 bridgehead atoms. The third-order valence-corrected chi connectivity index (χ3v) is 2.30. The van der Waals surface area contributed by atoms with Crippen LogP contribution in [0.1, 0.15) is 30.1 Å². The first-order chi connectivity index (χ1) is 7.65. The molecule has 88 valence electrons. The number of carbonyl (C=O) groups is 1. The molecule has 0 unspecified atom stereocenters. The minimum atomic E-state index is -0.152. The molecule has 0 fully saturated rings. The second-order valence-electron chi connectivity index (χ2n) is 3.37. The maximum Gasteiger partial charge on any atom is 0.203 e. The van der Waals surface area contributed by atoms with Crippen LogP contribution in [0, 0.1) is 0 Å². The molecule has 16 heavy (non-hydrogen) atoms. The summed E-state index contributed by atoms with van der Waals surface area (Å²) in [5.74, 6) is 0.360. The number of methoxy groups -OCH3 is 2. The fourth-order valence-corrected chi connectivity index (χ4v) is 1.50. The highest BCUT2D eigenvalue weighted by atomic mass is 16.5. The number of hydrogen-bond acceptors (Lipinski definition) is 4. The van der Waals surface area contributed by atoms with Gasteiger partial charge in [0.1, 0.15) is 0 Å². The molecule has 0 radical (unpaired) electrons. The van der Waals surface area contributed by atoms with Gasteiger partial charge in [0.05, 0.1) is 19.8 Å². The van der Waals surface area contributed by atoms with Gasteiger partial charge in [-0.3, -0.25) is 4.79 Å². The van der Waals surface area contributed by atoms with Gasteiger partial charge in [0.15, 0.2) is 17.3 Å². The van der Waals surface area contributed by atoms with Crippen LogP contribution in [-0.4, -0.2) is 25.1 Å². The van der Waals surface area contributed by atoms with E-state index in [1.807, 2.05) is 6.92 Å². The summed E-state index contributed by atoms with van der Waals surface area (Å²) in [7, 11) is 2.90. The smallest absolute Gasteiger partial charge is 0.203 e. The number of phenolic OH excluding ortho intramolecular Hbond substituents is 1. The van der Waals surface area contributed by atoms with E-state index in [2.05, 4.69) is 0 Å². The van der Waals surface area contributed by atoms with Gasteiger partial charge in [-0.1, -0.05) is 6.92 Å². The molecule has 0 aliphatic heterocycles. The number of Topliss-reactive ketones (excluding diaryl/α,β-unsaturated/α-hetero) is 1. The largest absolute Gasteiger partial charge is 0.504 e. The Hall–Kier alpha value is -1.71. The molecule has 0 saturated carbocycles. The van der Waals surface area contributed by atoms with Crippen LogP contribution in [-0.2, 0) is 0 Å². The molecule has 1 rings (SSSR count). The fraction of sp³-hybridized carbons (Fsp3) is 0.417. The fourth-order valence-electron chi connectivity index (χ4n) is 1.50. The first kappa shape index (κ1) is 12.4. The Bertz CT molecular complexity index is 385. The van der Waals surface area contributed by atoms with Crippen LogP contribution < -0.4 is 9.47 Å². The number of aromatic hydroxyl groups is 1. The van der Waals surface area contributed by atoms with E-state index < -0.39 is 0 Å². The topological polar surface area (TPSA) is 55.8 Å². The van der Waals surface area contributed by atoms with Crippen LogP contribution in [0.5, 0.6) is 17.2 Å². The summed E-state index contributed by atoms with van der Waals surface area (Å²) in [6, 6.07) is 3.16. The van der Waals surface area contributed by atoms with Crippen molar-refractivity contribution in [1.82, 2.24) is 0 Å².